The predicted octanol–water partition coefficient (Wildman–Crippen LogP) is 6.49. The first-order valence-corrected chi connectivity index (χ1v) is 18.8. The van der Waals surface area contributed by atoms with E-state index in [4.69, 9.17) is 37.9 Å². The maximum atomic E-state index is 11.7. The number of carbonyl (C=O) groups excluding carboxylic acids is 4. The van der Waals surface area contributed by atoms with Gasteiger partial charge in [0.25, 0.3) is 0 Å². The van der Waals surface area contributed by atoms with Gasteiger partial charge in [0.1, 0.15) is 37.9 Å². The van der Waals surface area contributed by atoms with Crippen molar-refractivity contribution in [3.63, 3.8) is 0 Å². The molecule has 0 aliphatic heterocycles. The first-order valence-electron chi connectivity index (χ1n) is 18.8. The summed E-state index contributed by atoms with van der Waals surface area (Å²) >= 11 is 0. The van der Waals surface area contributed by atoms with Crippen LogP contribution in [-0.4, -0.2) is 88.9 Å². The van der Waals surface area contributed by atoms with Crippen molar-refractivity contribution < 1.29 is 57.1 Å². The van der Waals surface area contributed by atoms with E-state index in [1.54, 1.807) is 0 Å². The Morgan fingerprint density at radius 2 is 0.847 bits per heavy atom. The van der Waals surface area contributed by atoms with Gasteiger partial charge in [-0.15, -0.1) is 0 Å². The van der Waals surface area contributed by atoms with Crippen molar-refractivity contribution in [1.82, 2.24) is 0 Å². The minimum absolute atomic E-state index is 0.0166. The lowest BCUT2D eigenvalue weighted by atomic mass is 9.68. The van der Waals surface area contributed by atoms with Crippen LogP contribution in [0.4, 0.5) is 0 Å². The fourth-order valence-corrected chi connectivity index (χ4v) is 6.62. The van der Waals surface area contributed by atoms with Gasteiger partial charge >= 0.3 is 23.9 Å². The highest BCUT2D eigenvalue weighted by Crippen LogP contribution is 2.56. The van der Waals surface area contributed by atoms with Gasteiger partial charge in [-0.25, -0.2) is 19.2 Å². The van der Waals surface area contributed by atoms with Crippen LogP contribution in [0.25, 0.3) is 11.1 Å². The van der Waals surface area contributed by atoms with Crippen molar-refractivity contribution in [2.75, 3.05) is 52.9 Å². The van der Waals surface area contributed by atoms with Crippen LogP contribution in [0.15, 0.2) is 148 Å². The molecule has 306 valence electrons. The van der Waals surface area contributed by atoms with E-state index in [0.717, 1.165) is 57.7 Å². The number of hydrogen-bond acceptors (Lipinski definition) is 12. The number of fused-ring (bicyclic) bond motifs is 3. The molecule has 2 atom stereocenters. The van der Waals surface area contributed by atoms with Gasteiger partial charge in [0.2, 0.25) is 0 Å². The highest BCUT2D eigenvalue weighted by molar-refractivity contribution is 5.86. The Morgan fingerprint density at radius 3 is 1.22 bits per heavy atom. The first-order chi connectivity index (χ1) is 28.7. The molecular weight excluding hydrogens is 757 g/mol. The van der Waals surface area contributed by atoms with E-state index in [9.17, 15) is 19.2 Å². The minimum atomic E-state index is -0.824. The van der Waals surface area contributed by atoms with Crippen LogP contribution in [0, 0.1) is 0 Å². The van der Waals surface area contributed by atoms with E-state index < -0.39 is 41.5 Å². The van der Waals surface area contributed by atoms with Gasteiger partial charge in [-0.05, 0) is 57.6 Å². The summed E-state index contributed by atoms with van der Waals surface area (Å²) in [5.74, 6) is -1.34. The molecule has 5 rings (SSSR count). The lowest BCUT2D eigenvalue weighted by Crippen LogP contribution is -2.29. The van der Waals surface area contributed by atoms with E-state index in [1.807, 2.05) is 48.5 Å². The van der Waals surface area contributed by atoms with Crippen LogP contribution in [-0.2, 0) is 53.0 Å². The maximum Gasteiger partial charge on any atom is 0.330 e. The number of ether oxygens (including phenoxy) is 8. The maximum absolute atomic E-state index is 11.7. The monoisotopic (exact) mass is 802 g/mol. The third-order valence-electron chi connectivity index (χ3n) is 9.18. The molecule has 0 aromatic heterocycles. The molecule has 1 aliphatic carbocycles. The van der Waals surface area contributed by atoms with E-state index in [1.165, 1.54) is 0 Å². The molecule has 0 radical (unpaired) electrons. The van der Waals surface area contributed by atoms with Crippen molar-refractivity contribution in [3.05, 3.63) is 170 Å². The van der Waals surface area contributed by atoms with E-state index in [-0.39, 0.29) is 52.9 Å². The van der Waals surface area contributed by atoms with Crippen LogP contribution in [0.5, 0.6) is 11.5 Å². The number of benzene rings is 4. The van der Waals surface area contributed by atoms with E-state index in [2.05, 4.69) is 74.8 Å². The van der Waals surface area contributed by atoms with Crippen molar-refractivity contribution in [2.24, 2.45) is 0 Å². The Balaban J connectivity index is 1.26. The third-order valence-corrected chi connectivity index (χ3v) is 9.18. The molecule has 0 saturated carbocycles. The molecule has 0 saturated heterocycles. The molecule has 0 bridgehead atoms. The highest BCUT2D eigenvalue weighted by atomic mass is 16.6. The van der Waals surface area contributed by atoms with Gasteiger partial charge in [0, 0.05) is 24.3 Å². The van der Waals surface area contributed by atoms with Crippen LogP contribution in [0.3, 0.4) is 0 Å². The molecule has 12 nitrogen and oxygen atoms in total. The summed E-state index contributed by atoms with van der Waals surface area (Å²) in [4.78, 5) is 46.4. The summed E-state index contributed by atoms with van der Waals surface area (Å²) in [5.41, 5.74) is 5.98. The molecule has 12 heteroatoms. The van der Waals surface area contributed by atoms with E-state index in [0.29, 0.717) is 11.5 Å². The zero-order chi connectivity index (χ0) is 42.0. The molecule has 1 aliphatic rings. The van der Waals surface area contributed by atoms with Crippen molar-refractivity contribution >= 4 is 23.9 Å². The number of esters is 4. The predicted molar refractivity (Wildman–Crippen MR) is 219 cm³/mol. The van der Waals surface area contributed by atoms with Gasteiger partial charge in [0.05, 0.1) is 31.8 Å². The zero-order valence-corrected chi connectivity index (χ0v) is 32.6. The number of rotatable bonds is 24. The average molecular weight is 803 g/mol. The van der Waals surface area contributed by atoms with E-state index >= 15 is 0 Å². The lowest BCUT2D eigenvalue weighted by Gasteiger charge is -2.34. The second-order valence-electron chi connectivity index (χ2n) is 12.9. The van der Waals surface area contributed by atoms with Crippen LogP contribution in [0.2, 0.25) is 0 Å². The van der Waals surface area contributed by atoms with Gasteiger partial charge in [-0.3, -0.25) is 0 Å². The largest absolute Gasteiger partial charge is 0.491 e. The van der Waals surface area contributed by atoms with Crippen molar-refractivity contribution in [3.8, 4) is 22.6 Å². The highest BCUT2D eigenvalue weighted by Gasteiger charge is 2.45. The van der Waals surface area contributed by atoms with Crippen LogP contribution < -0.4 is 9.47 Å². The molecule has 0 heterocycles. The summed E-state index contributed by atoms with van der Waals surface area (Å²) in [6.45, 7) is 13.9. The number of carbonyl (C=O) groups is 4. The summed E-state index contributed by atoms with van der Waals surface area (Å²) in [7, 11) is 0. The second kappa shape index (κ2) is 21.7. The normalized spacial score (nSPS) is 12.9. The summed E-state index contributed by atoms with van der Waals surface area (Å²) < 4.78 is 43.8. The quantitative estimate of drug-likeness (QED) is 0.0291. The first kappa shape index (κ1) is 43.4. The van der Waals surface area contributed by atoms with Crippen molar-refractivity contribution in [1.29, 1.82) is 0 Å². The van der Waals surface area contributed by atoms with Crippen LogP contribution >= 0.6 is 0 Å². The molecular formula is C47H46O12. The Kier molecular flexibility index (Phi) is 15.9. The fraction of sp³-hybridized carbons (Fsp3) is 0.234. The fourth-order valence-electron chi connectivity index (χ4n) is 6.62. The SMILES string of the molecule is C=CC(=O)OCC(COCCOc1ccc(C2(c3ccc(OCCOCC(COC(=O)C=C)OC(=O)C=C)cc3)c3ccccc3-c3ccccc32)cc1)OC(=O)C=C. The Labute approximate surface area is 343 Å². The van der Waals surface area contributed by atoms with Gasteiger partial charge in [-0.2, -0.15) is 0 Å². The molecule has 4 aromatic rings. The average Bonchev–Trinajstić information content (AvgIpc) is 3.57. The zero-order valence-electron chi connectivity index (χ0n) is 32.6. The van der Waals surface area contributed by atoms with Gasteiger partial charge in [0.15, 0.2) is 12.2 Å². The summed E-state index contributed by atoms with van der Waals surface area (Å²) in [5, 5.41) is 0. The standard InChI is InChI=1S/C47H46O12/c1-5-43(48)56-31-37(58-45(50)7-3)29-52-25-27-54-35-21-17-33(18-22-35)47(41-15-11-9-13-39(41)40-14-10-12-16-42(40)47)34-19-23-36(24-20-34)55-28-26-53-30-38(59-46(51)8-4)32-57-44(49)6-2/h5-24,37-38H,1-4,25-32H2. The molecule has 0 N–H and O–H groups in total. The molecule has 4 aromatic carbocycles. The Hall–Kier alpha value is -6.76. The molecule has 0 amide bonds. The van der Waals surface area contributed by atoms with Crippen LogP contribution in [0.1, 0.15) is 22.3 Å². The van der Waals surface area contributed by atoms with Gasteiger partial charge < -0.3 is 37.9 Å². The smallest absolute Gasteiger partial charge is 0.330 e. The molecule has 59 heavy (non-hydrogen) atoms. The Bertz CT molecular complexity index is 1950. The van der Waals surface area contributed by atoms with Gasteiger partial charge in [-0.1, -0.05) is 99.1 Å². The Morgan fingerprint density at radius 1 is 0.475 bits per heavy atom. The molecule has 0 fully saturated rings. The lowest BCUT2D eigenvalue weighted by molar-refractivity contribution is -0.156. The number of hydrogen-bond donors (Lipinski definition) is 0. The molecule has 2 unspecified atom stereocenters. The third kappa shape index (κ3) is 11.2. The summed E-state index contributed by atoms with van der Waals surface area (Å²) in [6, 6.07) is 32.7. The van der Waals surface area contributed by atoms with Crippen molar-refractivity contribution in [2.45, 2.75) is 17.6 Å². The summed E-state index contributed by atoms with van der Waals surface area (Å²) in [6.07, 6.45) is 2.44. The topological polar surface area (TPSA) is 142 Å². The second-order valence-corrected chi connectivity index (χ2v) is 12.9. The molecule has 0 spiro atoms. The minimum Gasteiger partial charge on any atom is -0.491 e.